The van der Waals surface area contributed by atoms with Crippen LogP contribution in [-0.4, -0.2) is 62.7 Å². The first-order chi connectivity index (χ1) is 13.5. The minimum absolute atomic E-state index is 0.0212. The number of β-amino-alcohol motifs (C(OH)–C–C–N with tert-alkyl or cyclic N) is 1. The number of fused-ring (bicyclic) bond motifs is 1. The van der Waals surface area contributed by atoms with Gasteiger partial charge in [-0.05, 0) is 36.5 Å². The molecule has 0 bridgehead atoms. The molecule has 0 aromatic carbocycles. The summed E-state index contributed by atoms with van der Waals surface area (Å²) >= 11 is 1.64. The van der Waals surface area contributed by atoms with Gasteiger partial charge in [0.2, 0.25) is 0 Å². The van der Waals surface area contributed by atoms with Crippen LogP contribution in [-0.2, 0) is 25.9 Å². The SMILES string of the molecule is CCc1ccc(CN2CCc3c(C(=O)N4CCC(O)(CO)C4)csc3C2)nc1. The van der Waals surface area contributed by atoms with Crippen LogP contribution in [0.4, 0.5) is 0 Å². The van der Waals surface area contributed by atoms with Crippen LogP contribution in [0.3, 0.4) is 0 Å². The molecule has 0 radical (unpaired) electrons. The quantitative estimate of drug-likeness (QED) is 0.799. The van der Waals surface area contributed by atoms with E-state index in [9.17, 15) is 15.0 Å². The summed E-state index contributed by atoms with van der Waals surface area (Å²) in [6, 6.07) is 4.25. The van der Waals surface area contributed by atoms with Gasteiger partial charge in [0.05, 0.1) is 24.4 Å². The van der Waals surface area contributed by atoms with E-state index in [1.807, 2.05) is 11.6 Å². The standard InChI is InChI=1S/C21H27N3O3S/c1-2-15-3-4-16(22-9-15)10-23-7-5-17-18(12-28-19(17)11-23)20(26)24-8-6-21(27,13-24)14-25/h3-4,9,12,25,27H,2,5-8,10-11,13-14H2,1H3. The second-order valence-corrected chi connectivity index (χ2v) is 8.85. The Hall–Kier alpha value is -1.80. The van der Waals surface area contributed by atoms with Gasteiger partial charge in [0.15, 0.2) is 0 Å². The van der Waals surface area contributed by atoms with Crippen molar-refractivity contribution < 1.29 is 15.0 Å². The minimum Gasteiger partial charge on any atom is -0.393 e. The smallest absolute Gasteiger partial charge is 0.255 e. The third kappa shape index (κ3) is 3.85. The number of hydrogen-bond acceptors (Lipinski definition) is 6. The van der Waals surface area contributed by atoms with Gasteiger partial charge < -0.3 is 15.1 Å². The van der Waals surface area contributed by atoms with Crippen LogP contribution in [0.5, 0.6) is 0 Å². The van der Waals surface area contributed by atoms with Gasteiger partial charge >= 0.3 is 0 Å². The molecule has 0 aliphatic carbocycles. The number of thiophene rings is 1. The predicted molar refractivity (Wildman–Crippen MR) is 108 cm³/mol. The third-order valence-electron chi connectivity index (χ3n) is 5.85. The van der Waals surface area contributed by atoms with Crippen molar-refractivity contribution in [1.82, 2.24) is 14.8 Å². The van der Waals surface area contributed by atoms with E-state index in [0.29, 0.717) is 13.0 Å². The fraction of sp³-hybridized carbons (Fsp3) is 0.524. The van der Waals surface area contributed by atoms with Crippen molar-refractivity contribution in [2.45, 2.75) is 44.9 Å². The lowest BCUT2D eigenvalue weighted by Crippen LogP contribution is -2.39. The number of amides is 1. The van der Waals surface area contributed by atoms with Crippen molar-refractivity contribution in [3.63, 3.8) is 0 Å². The second-order valence-electron chi connectivity index (χ2n) is 7.88. The molecule has 4 rings (SSSR count). The maximum absolute atomic E-state index is 12.9. The second kappa shape index (κ2) is 7.91. The number of aromatic nitrogens is 1. The van der Waals surface area contributed by atoms with Crippen molar-refractivity contribution in [1.29, 1.82) is 0 Å². The first-order valence-corrected chi connectivity index (χ1v) is 10.8. The molecule has 150 valence electrons. The summed E-state index contributed by atoms with van der Waals surface area (Å²) in [6.45, 7) is 5.09. The molecule has 2 aliphatic rings. The van der Waals surface area contributed by atoms with E-state index in [-0.39, 0.29) is 19.1 Å². The highest BCUT2D eigenvalue weighted by molar-refractivity contribution is 7.10. The van der Waals surface area contributed by atoms with E-state index >= 15 is 0 Å². The van der Waals surface area contributed by atoms with Gasteiger partial charge in [0.1, 0.15) is 5.60 Å². The van der Waals surface area contributed by atoms with Crippen molar-refractivity contribution in [3.8, 4) is 0 Å². The Morgan fingerprint density at radius 1 is 1.36 bits per heavy atom. The summed E-state index contributed by atoms with van der Waals surface area (Å²) < 4.78 is 0. The Morgan fingerprint density at radius 3 is 2.89 bits per heavy atom. The van der Waals surface area contributed by atoms with Gasteiger partial charge in [-0.2, -0.15) is 0 Å². The summed E-state index contributed by atoms with van der Waals surface area (Å²) in [6.07, 6.45) is 4.24. The molecule has 1 fully saturated rings. The lowest BCUT2D eigenvalue weighted by atomic mass is 10.0. The van der Waals surface area contributed by atoms with Gasteiger partial charge in [-0.3, -0.25) is 14.7 Å². The van der Waals surface area contributed by atoms with Crippen LogP contribution >= 0.6 is 11.3 Å². The zero-order chi connectivity index (χ0) is 19.7. The molecule has 28 heavy (non-hydrogen) atoms. The van der Waals surface area contributed by atoms with E-state index in [0.717, 1.165) is 49.3 Å². The Bertz CT molecular complexity index is 851. The summed E-state index contributed by atoms with van der Waals surface area (Å²) in [5.41, 5.74) is 3.10. The molecule has 1 unspecified atom stereocenters. The van der Waals surface area contributed by atoms with Crippen LogP contribution < -0.4 is 0 Å². The van der Waals surface area contributed by atoms with E-state index in [2.05, 4.69) is 28.9 Å². The molecule has 2 aromatic rings. The molecule has 7 heteroatoms. The number of pyridine rings is 1. The van der Waals surface area contributed by atoms with Crippen molar-refractivity contribution in [2.75, 3.05) is 26.2 Å². The van der Waals surface area contributed by atoms with Gasteiger partial charge in [-0.25, -0.2) is 0 Å². The molecular weight excluding hydrogens is 374 g/mol. The van der Waals surface area contributed by atoms with Crippen molar-refractivity contribution in [3.05, 3.63) is 51.0 Å². The van der Waals surface area contributed by atoms with Crippen molar-refractivity contribution >= 4 is 17.2 Å². The molecule has 6 nitrogen and oxygen atoms in total. The number of carbonyl (C=O) groups excluding carboxylic acids is 1. The van der Waals surface area contributed by atoms with Crippen LogP contribution in [0.15, 0.2) is 23.7 Å². The van der Waals surface area contributed by atoms with Crippen LogP contribution in [0.2, 0.25) is 0 Å². The van der Waals surface area contributed by atoms with Crippen LogP contribution in [0.1, 0.15) is 45.4 Å². The summed E-state index contributed by atoms with van der Waals surface area (Å²) in [4.78, 5) is 22.8. The highest BCUT2D eigenvalue weighted by atomic mass is 32.1. The number of carbonyl (C=O) groups is 1. The van der Waals surface area contributed by atoms with E-state index in [1.54, 1.807) is 16.2 Å². The number of aryl methyl sites for hydroxylation is 1. The van der Waals surface area contributed by atoms with Gasteiger partial charge in [0.25, 0.3) is 5.91 Å². The van der Waals surface area contributed by atoms with Crippen LogP contribution in [0.25, 0.3) is 0 Å². The lowest BCUT2D eigenvalue weighted by Gasteiger charge is -2.27. The van der Waals surface area contributed by atoms with Crippen molar-refractivity contribution in [2.24, 2.45) is 0 Å². The molecule has 4 heterocycles. The number of likely N-dealkylation sites (tertiary alicyclic amines) is 1. The molecule has 1 atom stereocenters. The monoisotopic (exact) mass is 401 g/mol. The molecule has 2 N–H and O–H groups in total. The Kier molecular flexibility index (Phi) is 5.51. The van der Waals surface area contributed by atoms with E-state index < -0.39 is 5.60 Å². The topological polar surface area (TPSA) is 76.9 Å². The molecule has 2 aliphatic heterocycles. The Morgan fingerprint density at radius 2 is 2.21 bits per heavy atom. The number of rotatable bonds is 5. The number of aliphatic hydroxyl groups excluding tert-OH is 1. The first-order valence-electron chi connectivity index (χ1n) is 9.89. The largest absolute Gasteiger partial charge is 0.393 e. The van der Waals surface area contributed by atoms with Crippen LogP contribution in [0, 0.1) is 0 Å². The molecule has 1 saturated heterocycles. The molecular formula is C21H27N3O3S. The zero-order valence-electron chi connectivity index (χ0n) is 16.2. The van der Waals surface area contributed by atoms with E-state index in [1.165, 1.54) is 10.4 Å². The molecule has 2 aromatic heterocycles. The fourth-order valence-electron chi connectivity index (χ4n) is 4.01. The molecule has 0 spiro atoms. The highest BCUT2D eigenvalue weighted by Crippen LogP contribution is 2.31. The average Bonchev–Trinajstić information content (AvgIpc) is 3.32. The summed E-state index contributed by atoms with van der Waals surface area (Å²) in [5, 5.41) is 21.5. The van der Waals surface area contributed by atoms with Gasteiger partial charge in [0, 0.05) is 42.6 Å². The number of nitrogens with zero attached hydrogens (tertiary/aromatic N) is 3. The summed E-state index contributed by atoms with van der Waals surface area (Å²) in [5.74, 6) is -0.0212. The third-order valence-corrected chi connectivity index (χ3v) is 6.86. The number of aliphatic hydroxyl groups is 2. The van der Waals surface area contributed by atoms with Gasteiger partial charge in [-0.15, -0.1) is 11.3 Å². The lowest BCUT2D eigenvalue weighted by molar-refractivity contribution is -0.00456. The maximum atomic E-state index is 12.9. The normalized spacial score (nSPS) is 22.5. The van der Waals surface area contributed by atoms with Gasteiger partial charge in [-0.1, -0.05) is 13.0 Å². The number of hydrogen-bond donors (Lipinski definition) is 2. The Labute approximate surface area is 169 Å². The average molecular weight is 402 g/mol. The molecule has 0 saturated carbocycles. The minimum atomic E-state index is -1.15. The zero-order valence-corrected chi connectivity index (χ0v) is 17.0. The highest BCUT2D eigenvalue weighted by Gasteiger charge is 2.39. The molecule has 1 amide bonds. The first kappa shape index (κ1) is 19.5. The Balaban J connectivity index is 1.42. The fourth-order valence-corrected chi connectivity index (χ4v) is 5.13. The maximum Gasteiger partial charge on any atom is 0.255 e. The predicted octanol–water partition coefficient (Wildman–Crippen LogP) is 1.83. The summed E-state index contributed by atoms with van der Waals surface area (Å²) in [7, 11) is 0. The van der Waals surface area contributed by atoms with E-state index in [4.69, 9.17) is 0 Å².